The largest absolute Gasteiger partial charge is 0.494 e. The fourth-order valence-electron chi connectivity index (χ4n) is 9.70. The summed E-state index contributed by atoms with van der Waals surface area (Å²) in [6, 6.07) is 19.6. The minimum atomic E-state index is -2.54. The van der Waals surface area contributed by atoms with E-state index in [4.69, 9.17) is 16.3 Å². The number of fused-ring (bicyclic) bond motifs is 1. The highest BCUT2D eigenvalue weighted by atomic mass is 35.5. The number of piperidine rings is 2. The number of anilines is 5. The monoisotopic (exact) mass is 909 g/mol. The molecule has 0 aliphatic carbocycles. The number of methoxy groups -OCH3 is 1. The molecule has 3 saturated heterocycles. The standard InChI is InChI=1S/C48H61ClN9O5P/c1-63-42-30-35(17-18-39(42)52-48-50-31-38(49)45(54-48)51-40-15-8-9-16-43(40)64(2,3)62)56-24-21-34(22-25-56)57-28-26-55(27-29-57)23-10-6-4-5-7-12-33-13-11-14-36-37(33)32-58(47(36)61)41-19-20-44(59)53-46(41)60/h8-9,11,13-18,30-31,34,41H,4-7,10,12,19-29,32H2,1-3H3,(H,53,59,60)(H2,50,51,52,54). The van der Waals surface area contributed by atoms with Gasteiger partial charge in [0.05, 0.1) is 24.7 Å². The fraction of sp³-hybridized carbons (Fsp3) is 0.479. The minimum Gasteiger partial charge on any atom is -0.494 e. The van der Waals surface area contributed by atoms with Crippen molar-refractivity contribution < 1.29 is 23.7 Å². The maximum atomic E-state index is 13.2. The van der Waals surface area contributed by atoms with Crippen LogP contribution in [0.2, 0.25) is 5.02 Å². The lowest BCUT2D eigenvalue weighted by molar-refractivity contribution is -0.136. The molecule has 0 spiro atoms. The molecule has 3 aromatic carbocycles. The maximum Gasteiger partial charge on any atom is 0.255 e. The van der Waals surface area contributed by atoms with Crippen LogP contribution in [0, 0.1) is 0 Å². The topological polar surface area (TPSA) is 152 Å². The molecule has 0 bridgehead atoms. The average molecular weight is 911 g/mol. The van der Waals surface area contributed by atoms with Crippen molar-refractivity contribution >= 4 is 70.6 Å². The number of para-hydroxylation sites is 1. The molecular weight excluding hydrogens is 849 g/mol. The van der Waals surface area contributed by atoms with Crippen LogP contribution in [0.1, 0.15) is 79.3 Å². The fourth-order valence-corrected chi connectivity index (χ4v) is 11.0. The van der Waals surface area contributed by atoms with Crippen molar-refractivity contribution in [3.8, 4) is 5.75 Å². The molecule has 1 aromatic heterocycles. The summed E-state index contributed by atoms with van der Waals surface area (Å²) in [4.78, 5) is 55.8. The number of aromatic nitrogens is 2. The van der Waals surface area contributed by atoms with Gasteiger partial charge in [0.1, 0.15) is 24.0 Å². The van der Waals surface area contributed by atoms with E-state index in [0.717, 1.165) is 100 Å². The second-order valence-corrected chi connectivity index (χ2v) is 21.4. The number of aryl methyl sites for hydroxylation is 1. The summed E-state index contributed by atoms with van der Waals surface area (Å²) in [5.41, 5.74) is 5.52. The van der Waals surface area contributed by atoms with Gasteiger partial charge in [0.2, 0.25) is 17.8 Å². The van der Waals surface area contributed by atoms with Crippen LogP contribution in [-0.4, -0.2) is 121 Å². The molecule has 3 N–H and O–H groups in total. The van der Waals surface area contributed by atoms with E-state index in [-0.39, 0.29) is 24.1 Å². The Labute approximate surface area is 381 Å². The van der Waals surface area contributed by atoms with E-state index in [1.165, 1.54) is 24.8 Å². The number of nitrogens with one attached hydrogen (secondary N) is 3. The highest BCUT2D eigenvalue weighted by Crippen LogP contribution is 2.39. The Morgan fingerprint density at radius 3 is 2.39 bits per heavy atom. The summed E-state index contributed by atoms with van der Waals surface area (Å²) in [7, 11) is -0.872. The van der Waals surface area contributed by atoms with E-state index in [0.29, 0.717) is 52.8 Å². The van der Waals surface area contributed by atoms with Gasteiger partial charge in [-0.2, -0.15) is 4.98 Å². The Morgan fingerprint density at radius 2 is 1.62 bits per heavy atom. The molecule has 3 amide bonds. The molecule has 4 aliphatic heterocycles. The van der Waals surface area contributed by atoms with E-state index >= 15 is 0 Å². The first-order valence-electron chi connectivity index (χ1n) is 22.8. The van der Waals surface area contributed by atoms with Crippen LogP contribution in [0.4, 0.5) is 28.8 Å². The number of rotatable bonds is 17. The third kappa shape index (κ3) is 10.7. The number of piperazine rings is 1. The molecule has 4 aliphatic rings. The van der Waals surface area contributed by atoms with E-state index in [2.05, 4.69) is 58.8 Å². The summed E-state index contributed by atoms with van der Waals surface area (Å²) in [6.45, 7) is 11.6. The van der Waals surface area contributed by atoms with Crippen LogP contribution in [0.5, 0.6) is 5.75 Å². The van der Waals surface area contributed by atoms with Gasteiger partial charge in [-0.05, 0) is 99.9 Å². The lowest BCUT2D eigenvalue weighted by Gasteiger charge is -2.43. The first-order chi connectivity index (χ1) is 30.9. The van der Waals surface area contributed by atoms with Crippen molar-refractivity contribution in [2.24, 2.45) is 0 Å². The van der Waals surface area contributed by atoms with Crippen molar-refractivity contribution in [2.75, 3.05) is 81.8 Å². The molecule has 64 heavy (non-hydrogen) atoms. The van der Waals surface area contributed by atoms with Crippen LogP contribution in [0.3, 0.4) is 0 Å². The number of benzene rings is 3. The number of unbranched alkanes of at least 4 members (excludes halogenated alkanes) is 4. The number of nitrogens with zero attached hydrogens (tertiary/aromatic N) is 6. The van der Waals surface area contributed by atoms with Gasteiger partial charge >= 0.3 is 0 Å². The third-order valence-electron chi connectivity index (χ3n) is 13.3. The molecular formula is C48H61ClN9O5P. The van der Waals surface area contributed by atoms with Crippen LogP contribution in [0.15, 0.2) is 66.9 Å². The van der Waals surface area contributed by atoms with Gasteiger partial charge in [0, 0.05) is 80.9 Å². The molecule has 14 nitrogen and oxygen atoms in total. The molecule has 1 atom stereocenters. The number of hydrogen-bond donors (Lipinski definition) is 3. The van der Waals surface area contributed by atoms with Crippen LogP contribution in [0.25, 0.3) is 0 Å². The van der Waals surface area contributed by atoms with Gasteiger partial charge in [-0.25, -0.2) is 4.98 Å². The zero-order valence-corrected chi connectivity index (χ0v) is 38.9. The predicted molar refractivity (Wildman–Crippen MR) is 255 cm³/mol. The van der Waals surface area contributed by atoms with E-state index in [1.807, 2.05) is 42.5 Å². The molecule has 0 saturated carbocycles. The molecule has 1 unspecified atom stereocenters. The molecule has 0 radical (unpaired) electrons. The zero-order chi connectivity index (χ0) is 44.8. The number of halogens is 1. The number of hydrogen-bond acceptors (Lipinski definition) is 12. The first kappa shape index (κ1) is 45.6. The number of carbonyl (C=O) groups excluding carboxylic acids is 3. The van der Waals surface area contributed by atoms with E-state index < -0.39 is 13.2 Å². The number of carbonyl (C=O) groups is 3. The quantitative estimate of drug-likeness (QED) is 0.0550. The van der Waals surface area contributed by atoms with Gasteiger partial charge in [-0.15, -0.1) is 0 Å². The predicted octanol–water partition coefficient (Wildman–Crippen LogP) is 7.41. The van der Waals surface area contributed by atoms with Crippen molar-refractivity contribution in [3.63, 3.8) is 0 Å². The summed E-state index contributed by atoms with van der Waals surface area (Å²) in [5, 5.41) is 10.0. The summed E-state index contributed by atoms with van der Waals surface area (Å²) in [6.07, 6.45) is 11.3. The smallest absolute Gasteiger partial charge is 0.255 e. The summed E-state index contributed by atoms with van der Waals surface area (Å²) < 4.78 is 18.8. The highest BCUT2D eigenvalue weighted by molar-refractivity contribution is 7.70. The number of amides is 3. The van der Waals surface area contributed by atoms with E-state index in [9.17, 15) is 18.9 Å². The van der Waals surface area contributed by atoms with Crippen molar-refractivity contribution in [3.05, 3.63) is 88.6 Å². The Hall–Kier alpha value is -5.01. The van der Waals surface area contributed by atoms with Crippen LogP contribution < -0.4 is 30.9 Å². The minimum absolute atomic E-state index is 0.102. The number of imide groups is 1. The molecule has 340 valence electrons. The second-order valence-electron chi connectivity index (χ2n) is 17.8. The Kier molecular flexibility index (Phi) is 14.5. The Bertz CT molecular complexity index is 2380. The SMILES string of the molecule is COc1cc(N2CCC(N3CCN(CCCCCCCc4cccc5c4CN(C4CCC(=O)NC4=O)C5=O)CC3)CC2)ccc1Nc1ncc(Cl)c(Nc2ccccc2P(C)(C)=O)n1. The Balaban J connectivity index is 0.732. The molecule has 5 heterocycles. The Morgan fingerprint density at radius 1 is 0.859 bits per heavy atom. The van der Waals surface area contributed by atoms with Gasteiger partial charge in [-0.3, -0.25) is 24.6 Å². The van der Waals surface area contributed by atoms with Crippen molar-refractivity contribution in [1.29, 1.82) is 0 Å². The lowest BCUT2D eigenvalue weighted by Crippen LogP contribution is -2.53. The first-order valence-corrected chi connectivity index (χ1v) is 25.8. The molecule has 16 heteroatoms. The van der Waals surface area contributed by atoms with Crippen molar-refractivity contribution in [1.82, 2.24) is 30.0 Å². The summed E-state index contributed by atoms with van der Waals surface area (Å²) in [5.74, 6) is 0.738. The molecule has 4 aromatic rings. The molecule has 3 fully saturated rings. The lowest BCUT2D eigenvalue weighted by atomic mass is 9.98. The number of ether oxygens (including phenoxy) is 1. The zero-order valence-electron chi connectivity index (χ0n) is 37.3. The molecule has 8 rings (SSSR count). The van der Waals surface area contributed by atoms with Crippen molar-refractivity contribution in [2.45, 2.75) is 82.8 Å². The normalized spacial score (nSPS) is 18.9. The van der Waals surface area contributed by atoms with E-state index in [1.54, 1.807) is 31.5 Å². The second kappa shape index (κ2) is 20.4. The van der Waals surface area contributed by atoms with Gasteiger partial charge < -0.3 is 34.6 Å². The summed E-state index contributed by atoms with van der Waals surface area (Å²) >= 11 is 6.49. The highest BCUT2D eigenvalue weighted by Gasteiger charge is 2.39. The van der Waals surface area contributed by atoms with Crippen LogP contribution >= 0.6 is 18.7 Å². The van der Waals surface area contributed by atoms with Crippen LogP contribution in [-0.2, 0) is 27.1 Å². The van der Waals surface area contributed by atoms with Gasteiger partial charge in [0.15, 0.2) is 5.82 Å². The van der Waals surface area contributed by atoms with Gasteiger partial charge in [0.25, 0.3) is 5.91 Å². The third-order valence-corrected chi connectivity index (χ3v) is 15.1. The average Bonchev–Trinajstić information content (AvgIpc) is 3.63. The van der Waals surface area contributed by atoms with Gasteiger partial charge in [-0.1, -0.05) is 55.1 Å². The maximum absolute atomic E-state index is 13.2.